The van der Waals surface area contributed by atoms with E-state index in [1.165, 1.54) is 0 Å². The number of anilines is 1. The number of likely N-dealkylation sites (tertiary alicyclic amines) is 1. The van der Waals surface area contributed by atoms with E-state index in [9.17, 15) is 14.4 Å². The fourth-order valence-electron chi connectivity index (χ4n) is 3.87. The van der Waals surface area contributed by atoms with Crippen molar-refractivity contribution < 1.29 is 19.5 Å². The zero-order valence-electron chi connectivity index (χ0n) is 16.3. The number of aliphatic carboxylic acids is 1. The molecule has 2 fully saturated rings. The highest BCUT2D eigenvalue weighted by Crippen LogP contribution is 2.41. The number of piperidine rings is 1. The maximum Gasteiger partial charge on any atom is 0.306 e. The molecular weight excluding hydrogens is 372 g/mol. The first-order valence-corrected chi connectivity index (χ1v) is 9.89. The van der Waals surface area contributed by atoms with Crippen LogP contribution in [0.3, 0.4) is 0 Å². The van der Waals surface area contributed by atoms with Crippen LogP contribution >= 0.6 is 0 Å². The Balaban J connectivity index is 1.39. The number of benzene rings is 1. The van der Waals surface area contributed by atoms with Gasteiger partial charge < -0.3 is 15.3 Å². The van der Waals surface area contributed by atoms with Gasteiger partial charge in [-0.2, -0.15) is 5.10 Å². The van der Waals surface area contributed by atoms with Crippen molar-refractivity contribution in [3.8, 4) is 0 Å². The molecule has 8 nitrogen and oxygen atoms in total. The number of carbonyl (C=O) groups excluding carboxylic acids is 2. The number of carbonyl (C=O) groups is 3. The third-order valence-corrected chi connectivity index (χ3v) is 5.71. The lowest BCUT2D eigenvalue weighted by atomic mass is 9.96. The molecule has 4 rings (SSSR count). The quantitative estimate of drug-likeness (QED) is 0.808. The van der Waals surface area contributed by atoms with Crippen LogP contribution in [0.25, 0.3) is 0 Å². The van der Waals surface area contributed by atoms with Crippen molar-refractivity contribution >= 4 is 23.5 Å². The van der Waals surface area contributed by atoms with Crippen molar-refractivity contribution in [2.45, 2.75) is 31.6 Å². The molecule has 0 spiro atoms. The first-order chi connectivity index (χ1) is 13.9. The van der Waals surface area contributed by atoms with E-state index in [2.05, 4.69) is 10.4 Å². The van der Waals surface area contributed by atoms with Gasteiger partial charge >= 0.3 is 5.97 Å². The van der Waals surface area contributed by atoms with Crippen LogP contribution < -0.4 is 5.32 Å². The van der Waals surface area contributed by atoms with E-state index in [0.29, 0.717) is 48.7 Å². The lowest BCUT2D eigenvalue weighted by Gasteiger charge is -2.30. The molecule has 1 saturated carbocycles. The summed E-state index contributed by atoms with van der Waals surface area (Å²) in [6, 6.07) is 6.79. The summed E-state index contributed by atoms with van der Waals surface area (Å²) in [5.41, 5.74) is 2.70. The Kier molecular flexibility index (Phi) is 5.08. The molecule has 29 heavy (non-hydrogen) atoms. The number of aromatic nitrogens is 2. The van der Waals surface area contributed by atoms with E-state index < -0.39 is 5.97 Å². The smallest absolute Gasteiger partial charge is 0.306 e. The van der Waals surface area contributed by atoms with Crippen molar-refractivity contribution in [2.75, 3.05) is 18.4 Å². The fourth-order valence-corrected chi connectivity index (χ4v) is 3.87. The lowest BCUT2D eigenvalue weighted by Crippen LogP contribution is -2.40. The highest BCUT2D eigenvalue weighted by Gasteiger charge is 2.31. The molecule has 2 aliphatic rings. The summed E-state index contributed by atoms with van der Waals surface area (Å²) in [7, 11) is 1.85. The zero-order valence-corrected chi connectivity index (χ0v) is 16.3. The number of nitrogens with one attached hydrogen (secondary N) is 1. The SMILES string of the molecule is Cn1ncc(C(=O)Nc2ccc(C(=O)N3CCC(C(=O)O)CC3)cc2)c1C1CC1. The maximum absolute atomic E-state index is 12.6. The molecule has 1 saturated heterocycles. The number of carboxylic acids is 1. The Morgan fingerprint density at radius 1 is 1.07 bits per heavy atom. The van der Waals surface area contributed by atoms with Gasteiger partial charge in [0.25, 0.3) is 11.8 Å². The van der Waals surface area contributed by atoms with Gasteiger partial charge in [-0.25, -0.2) is 0 Å². The lowest BCUT2D eigenvalue weighted by molar-refractivity contribution is -0.143. The first-order valence-electron chi connectivity index (χ1n) is 9.89. The summed E-state index contributed by atoms with van der Waals surface area (Å²) >= 11 is 0. The number of nitrogens with zero attached hydrogens (tertiary/aromatic N) is 3. The number of rotatable bonds is 5. The van der Waals surface area contributed by atoms with Crippen molar-refractivity contribution in [2.24, 2.45) is 13.0 Å². The Labute approximate surface area is 168 Å². The van der Waals surface area contributed by atoms with Crippen LogP contribution in [0.4, 0.5) is 5.69 Å². The van der Waals surface area contributed by atoms with Crippen LogP contribution in [0, 0.1) is 5.92 Å². The predicted molar refractivity (Wildman–Crippen MR) is 106 cm³/mol. The van der Waals surface area contributed by atoms with E-state index >= 15 is 0 Å². The van der Waals surface area contributed by atoms with Crippen LogP contribution in [0.1, 0.15) is 58.0 Å². The summed E-state index contributed by atoms with van der Waals surface area (Å²) in [6.45, 7) is 0.887. The van der Waals surface area contributed by atoms with Crippen molar-refractivity contribution in [3.05, 3.63) is 47.3 Å². The summed E-state index contributed by atoms with van der Waals surface area (Å²) < 4.78 is 1.77. The molecule has 0 radical (unpaired) electrons. The molecule has 152 valence electrons. The van der Waals surface area contributed by atoms with E-state index in [4.69, 9.17) is 5.11 Å². The van der Waals surface area contributed by atoms with Crippen LogP contribution in [0.2, 0.25) is 0 Å². The van der Waals surface area contributed by atoms with Crippen LogP contribution in [-0.2, 0) is 11.8 Å². The molecule has 0 unspecified atom stereocenters. The Hall–Kier alpha value is -3.16. The van der Waals surface area contributed by atoms with Crippen molar-refractivity contribution in [1.29, 1.82) is 0 Å². The minimum absolute atomic E-state index is 0.116. The zero-order chi connectivity index (χ0) is 20.5. The van der Waals surface area contributed by atoms with Gasteiger partial charge in [0.15, 0.2) is 0 Å². The van der Waals surface area contributed by atoms with E-state index in [-0.39, 0.29) is 17.7 Å². The first kappa shape index (κ1) is 19.2. The van der Waals surface area contributed by atoms with Crippen LogP contribution in [0.15, 0.2) is 30.5 Å². The number of aryl methyl sites for hydroxylation is 1. The second-order valence-corrected chi connectivity index (χ2v) is 7.78. The van der Waals surface area contributed by atoms with Crippen LogP contribution in [0.5, 0.6) is 0 Å². The summed E-state index contributed by atoms with van der Waals surface area (Å²) in [5.74, 6) is -1.07. The van der Waals surface area contributed by atoms with E-state index in [1.54, 1.807) is 40.0 Å². The minimum Gasteiger partial charge on any atom is -0.481 e. The molecule has 1 aromatic heterocycles. The number of hydrogen-bond acceptors (Lipinski definition) is 4. The second-order valence-electron chi connectivity index (χ2n) is 7.78. The predicted octanol–water partition coefficient (Wildman–Crippen LogP) is 2.49. The monoisotopic (exact) mass is 396 g/mol. The molecule has 8 heteroatoms. The fraction of sp³-hybridized carbons (Fsp3) is 0.429. The second kappa shape index (κ2) is 7.69. The van der Waals surface area contributed by atoms with Crippen molar-refractivity contribution in [3.63, 3.8) is 0 Å². The van der Waals surface area contributed by atoms with Crippen molar-refractivity contribution in [1.82, 2.24) is 14.7 Å². The molecule has 2 aromatic rings. The molecule has 1 aromatic carbocycles. The third-order valence-electron chi connectivity index (χ3n) is 5.71. The molecule has 1 aliphatic heterocycles. The molecule has 2 N–H and O–H groups in total. The highest BCUT2D eigenvalue weighted by molar-refractivity contribution is 6.05. The van der Waals surface area contributed by atoms with Gasteiger partial charge in [0, 0.05) is 37.3 Å². The largest absolute Gasteiger partial charge is 0.481 e. The summed E-state index contributed by atoms with van der Waals surface area (Å²) in [4.78, 5) is 38.0. The van der Waals surface area contributed by atoms with Gasteiger partial charge in [0.2, 0.25) is 0 Å². The number of amides is 2. The minimum atomic E-state index is -0.796. The Morgan fingerprint density at radius 3 is 2.31 bits per heavy atom. The normalized spacial score (nSPS) is 17.2. The highest BCUT2D eigenvalue weighted by atomic mass is 16.4. The van der Waals surface area contributed by atoms with Gasteiger partial charge in [0.1, 0.15) is 0 Å². The third kappa shape index (κ3) is 4.01. The average molecular weight is 396 g/mol. The van der Waals surface area contributed by atoms with Crippen LogP contribution in [-0.4, -0.2) is 50.7 Å². The standard InChI is InChI=1S/C21H24N4O4/c1-24-18(13-2-3-13)17(12-22-24)19(26)23-16-6-4-14(5-7-16)20(27)25-10-8-15(9-11-25)21(28)29/h4-7,12-13,15H,2-3,8-11H2,1H3,(H,23,26)(H,28,29). The summed E-state index contributed by atoms with van der Waals surface area (Å²) in [6.07, 6.45) is 4.72. The maximum atomic E-state index is 12.6. The number of hydrogen-bond donors (Lipinski definition) is 2. The van der Waals surface area contributed by atoms with E-state index in [0.717, 1.165) is 18.5 Å². The Morgan fingerprint density at radius 2 is 1.72 bits per heavy atom. The van der Waals surface area contributed by atoms with Gasteiger partial charge in [-0.15, -0.1) is 0 Å². The number of carboxylic acid groups (broad SMARTS) is 1. The van der Waals surface area contributed by atoms with E-state index in [1.807, 2.05) is 7.05 Å². The molecule has 0 atom stereocenters. The molecule has 1 aliphatic carbocycles. The summed E-state index contributed by atoms with van der Waals surface area (Å²) in [5, 5.41) is 16.2. The van der Waals surface area contributed by atoms with Gasteiger partial charge in [-0.3, -0.25) is 19.1 Å². The van der Waals surface area contributed by atoms with Gasteiger partial charge in [0.05, 0.1) is 23.4 Å². The Bertz CT molecular complexity index is 938. The average Bonchev–Trinajstić information content (AvgIpc) is 3.49. The molecule has 2 heterocycles. The van der Waals surface area contributed by atoms with Gasteiger partial charge in [-0.05, 0) is 49.9 Å². The molecule has 0 bridgehead atoms. The molecule has 2 amide bonds. The molecular formula is C21H24N4O4. The van der Waals surface area contributed by atoms with Gasteiger partial charge in [-0.1, -0.05) is 0 Å². The topological polar surface area (TPSA) is 105 Å².